The Kier molecular flexibility index (Phi) is 6.16. The number of aryl methyl sites for hydroxylation is 2. The lowest BCUT2D eigenvalue weighted by Gasteiger charge is -2.16. The van der Waals surface area contributed by atoms with Crippen LogP contribution in [0, 0.1) is 13.8 Å². The summed E-state index contributed by atoms with van der Waals surface area (Å²) in [7, 11) is 1.57. The fourth-order valence-electron chi connectivity index (χ4n) is 3.12. The Bertz CT molecular complexity index is 1190. The van der Waals surface area contributed by atoms with Gasteiger partial charge in [-0.05, 0) is 73.6 Å². The number of amides is 1. The summed E-state index contributed by atoms with van der Waals surface area (Å²) < 4.78 is 5.22. The molecule has 0 unspecified atom stereocenters. The number of nitrogens with zero attached hydrogens (tertiary/aromatic N) is 2. The summed E-state index contributed by atoms with van der Waals surface area (Å²) in [6.45, 7) is 4.05. The van der Waals surface area contributed by atoms with Crippen LogP contribution in [0.1, 0.15) is 16.7 Å². The van der Waals surface area contributed by atoms with Crippen molar-refractivity contribution >= 4 is 51.9 Å². The lowest BCUT2D eigenvalue weighted by molar-refractivity contribution is -0.113. The van der Waals surface area contributed by atoms with Crippen molar-refractivity contribution in [2.45, 2.75) is 13.8 Å². The predicted octanol–water partition coefficient (Wildman–Crippen LogP) is 6.77. The summed E-state index contributed by atoms with van der Waals surface area (Å²) in [5, 5.41) is 1.11. The number of rotatable bonds is 4. The average molecular weight is 449 g/mol. The van der Waals surface area contributed by atoms with E-state index in [0.29, 0.717) is 20.8 Å². The molecule has 3 aromatic rings. The van der Waals surface area contributed by atoms with Gasteiger partial charge in [0.2, 0.25) is 0 Å². The number of hydrogen-bond acceptors (Lipinski definition) is 4. The van der Waals surface area contributed by atoms with E-state index in [9.17, 15) is 4.79 Å². The van der Waals surface area contributed by atoms with Gasteiger partial charge in [0, 0.05) is 0 Å². The van der Waals surface area contributed by atoms with E-state index in [2.05, 4.69) is 0 Å². The van der Waals surface area contributed by atoms with Crippen LogP contribution < -0.4 is 9.64 Å². The Labute approximate surface area is 191 Å². The van der Waals surface area contributed by atoms with Crippen LogP contribution in [-0.4, -0.2) is 18.2 Å². The number of carbonyl (C=O) groups excluding carboxylic acids is 1. The molecule has 1 heterocycles. The van der Waals surface area contributed by atoms with Crippen LogP contribution >= 0.6 is 23.4 Å². The molecule has 0 bridgehead atoms. The topological polar surface area (TPSA) is 41.9 Å². The van der Waals surface area contributed by atoms with Gasteiger partial charge in [-0.1, -0.05) is 53.1 Å². The van der Waals surface area contributed by atoms with Gasteiger partial charge < -0.3 is 4.74 Å². The van der Waals surface area contributed by atoms with Gasteiger partial charge >= 0.3 is 0 Å². The number of hydrogen-bond donors (Lipinski definition) is 0. The lowest BCUT2D eigenvalue weighted by Crippen LogP contribution is -2.28. The molecule has 0 saturated carbocycles. The molecular weight excluding hydrogens is 428 g/mol. The number of thioether (sulfide) groups is 1. The van der Waals surface area contributed by atoms with Gasteiger partial charge in [-0.15, -0.1) is 0 Å². The average Bonchev–Trinajstić information content (AvgIpc) is 3.05. The number of anilines is 1. The molecule has 1 saturated heterocycles. The van der Waals surface area contributed by atoms with Gasteiger partial charge in [0.05, 0.1) is 28.4 Å². The van der Waals surface area contributed by atoms with Gasteiger partial charge in [-0.25, -0.2) is 4.99 Å². The molecule has 31 heavy (non-hydrogen) atoms. The van der Waals surface area contributed by atoms with Crippen LogP contribution in [0.2, 0.25) is 5.02 Å². The van der Waals surface area contributed by atoms with Gasteiger partial charge in [0.25, 0.3) is 5.91 Å². The SMILES string of the molecule is COc1ccc(/C=C2\SC(=Nc3ccc(C)cc3)N(c3ccc(C)cc3)C2=O)cc1Cl. The van der Waals surface area contributed by atoms with Gasteiger partial charge in [-0.3, -0.25) is 9.69 Å². The van der Waals surface area contributed by atoms with Crippen molar-refractivity contribution in [3.8, 4) is 5.75 Å². The standard InChI is InChI=1S/C25H21ClN2O2S/c1-16-4-9-19(10-5-16)27-25-28(20-11-6-17(2)7-12-20)24(29)23(31-25)15-18-8-13-22(30-3)21(26)14-18/h4-15H,1-3H3/b23-15-,27-25?. The van der Waals surface area contributed by atoms with E-state index in [1.165, 1.54) is 11.8 Å². The zero-order valence-corrected chi connectivity index (χ0v) is 19.0. The summed E-state index contributed by atoms with van der Waals surface area (Å²) in [4.78, 5) is 20.4. The first-order chi connectivity index (χ1) is 14.9. The van der Waals surface area contributed by atoms with Crippen LogP contribution in [0.4, 0.5) is 11.4 Å². The highest BCUT2D eigenvalue weighted by atomic mass is 35.5. The zero-order chi connectivity index (χ0) is 22.0. The van der Waals surface area contributed by atoms with Crippen molar-refractivity contribution in [1.29, 1.82) is 0 Å². The minimum Gasteiger partial charge on any atom is -0.495 e. The normalized spacial score (nSPS) is 16.4. The van der Waals surface area contributed by atoms with Crippen LogP contribution in [0.25, 0.3) is 6.08 Å². The number of aliphatic imine (C=N–C) groups is 1. The Morgan fingerprint density at radius 2 is 1.61 bits per heavy atom. The van der Waals surface area contributed by atoms with E-state index in [1.54, 1.807) is 24.1 Å². The summed E-state index contributed by atoms with van der Waals surface area (Å²) in [5.74, 6) is 0.476. The highest BCUT2D eigenvalue weighted by Crippen LogP contribution is 2.38. The zero-order valence-electron chi connectivity index (χ0n) is 17.4. The number of benzene rings is 3. The number of carbonyl (C=O) groups is 1. The molecule has 3 aromatic carbocycles. The van der Waals surface area contributed by atoms with Crippen molar-refractivity contribution in [2.75, 3.05) is 12.0 Å². The molecule has 0 radical (unpaired) electrons. The van der Waals surface area contributed by atoms with Gasteiger partial charge in [-0.2, -0.15) is 0 Å². The second-order valence-electron chi connectivity index (χ2n) is 7.21. The third-order valence-electron chi connectivity index (χ3n) is 4.83. The highest BCUT2D eigenvalue weighted by molar-refractivity contribution is 8.19. The third kappa shape index (κ3) is 4.68. The lowest BCUT2D eigenvalue weighted by atomic mass is 10.2. The fourth-order valence-corrected chi connectivity index (χ4v) is 4.39. The van der Waals surface area contributed by atoms with E-state index in [-0.39, 0.29) is 5.91 Å². The quantitative estimate of drug-likeness (QED) is 0.413. The number of amidine groups is 1. The van der Waals surface area contributed by atoms with Crippen LogP contribution in [0.15, 0.2) is 76.6 Å². The highest BCUT2D eigenvalue weighted by Gasteiger charge is 2.34. The molecule has 4 rings (SSSR count). The first-order valence-electron chi connectivity index (χ1n) is 9.74. The Hall–Kier alpha value is -3.02. The summed E-state index contributed by atoms with van der Waals surface area (Å²) >= 11 is 7.61. The first kappa shape index (κ1) is 21.2. The van der Waals surface area contributed by atoms with Gasteiger partial charge in [0.1, 0.15) is 5.75 Å². The largest absolute Gasteiger partial charge is 0.495 e. The minimum absolute atomic E-state index is 0.119. The predicted molar refractivity (Wildman–Crippen MR) is 131 cm³/mol. The summed E-state index contributed by atoms with van der Waals surface area (Å²) in [5.41, 5.74) is 4.69. The molecule has 6 heteroatoms. The first-order valence-corrected chi connectivity index (χ1v) is 10.9. The van der Waals surface area contributed by atoms with Crippen molar-refractivity contribution in [1.82, 2.24) is 0 Å². The molecule has 1 aliphatic heterocycles. The minimum atomic E-state index is -0.119. The second-order valence-corrected chi connectivity index (χ2v) is 8.63. The Balaban J connectivity index is 1.75. The Morgan fingerprint density at radius 3 is 2.23 bits per heavy atom. The second kappa shape index (κ2) is 9.00. The molecule has 0 aromatic heterocycles. The molecule has 1 aliphatic rings. The molecule has 0 spiro atoms. The molecule has 1 fully saturated rings. The van der Waals surface area contributed by atoms with E-state index < -0.39 is 0 Å². The smallest absolute Gasteiger partial charge is 0.271 e. The van der Waals surface area contributed by atoms with Crippen molar-refractivity contribution in [2.24, 2.45) is 4.99 Å². The van der Waals surface area contributed by atoms with E-state index in [0.717, 1.165) is 28.1 Å². The van der Waals surface area contributed by atoms with Crippen molar-refractivity contribution in [3.05, 3.63) is 93.3 Å². The van der Waals surface area contributed by atoms with Crippen LogP contribution in [0.3, 0.4) is 0 Å². The molecule has 156 valence electrons. The van der Waals surface area contributed by atoms with Crippen LogP contribution in [0.5, 0.6) is 5.75 Å². The number of ether oxygens (including phenoxy) is 1. The van der Waals surface area contributed by atoms with E-state index in [4.69, 9.17) is 21.3 Å². The van der Waals surface area contributed by atoms with Crippen LogP contribution in [-0.2, 0) is 4.79 Å². The number of halogens is 1. The van der Waals surface area contributed by atoms with Gasteiger partial charge in [0.15, 0.2) is 5.17 Å². The van der Waals surface area contributed by atoms with E-state index in [1.807, 2.05) is 74.5 Å². The van der Waals surface area contributed by atoms with E-state index >= 15 is 0 Å². The molecular formula is C25H21ClN2O2S. The van der Waals surface area contributed by atoms with Crippen molar-refractivity contribution in [3.63, 3.8) is 0 Å². The molecule has 0 atom stereocenters. The summed E-state index contributed by atoms with van der Waals surface area (Å²) in [6.07, 6.45) is 1.83. The third-order valence-corrected chi connectivity index (χ3v) is 6.10. The maximum absolute atomic E-state index is 13.4. The molecule has 4 nitrogen and oxygen atoms in total. The molecule has 1 amide bonds. The number of methoxy groups -OCH3 is 1. The summed E-state index contributed by atoms with van der Waals surface area (Å²) in [6, 6.07) is 21.2. The molecule has 0 aliphatic carbocycles. The van der Waals surface area contributed by atoms with Crippen molar-refractivity contribution < 1.29 is 9.53 Å². The Morgan fingerprint density at radius 1 is 0.968 bits per heavy atom. The fraction of sp³-hybridized carbons (Fsp3) is 0.120. The molecule has 0 N–H and O–H groups in total. The monoisotopic (exact) mass is 448 g/mol. The maximum Gasteiger partial charge on any atom is 0.271 e. The maximum atomic E-state index is 13.4.